The number of carbonyl (C=O) groups is 2. The Morgan fingerprint density at radius 1 is 1.32 bits per heavy atom. The minimum Gasteiger partial charge on any atom is -0.354 e. The number of amides is 2. The Morgan fingerprint density at radius 2 is 1.95 bits per heavy atom. The molecule has 1 heterocycles. The van der Waals surface area contributed by atoms with Crippen molar-refractivity contribution in [2.45, 2.75) is 13.8 Å². The lowest BCUT2D eigenvalue weighted by Crippen LogP contribution is -2.38. The summed E-state index contributed by atoms with van der Waals surface area (Å²) in [6, 6.07) is 7.28. The van der Waals surface area contributed by atoms with E-state index in [1.165, 1.54) is 4.90 Å². The molecule has 2 amide bonds. The van der Waals surface area contributed by atoms with E-state index in [9.17, 15) is 9.59 Å². The van der Waals surface area contributed by atoms with Crippen molar-refractivity contribution in [1.29, 1.82) is 0 Å². The third-order valence-corrected chi connectivity index (χ3v) is 3.05. The quantitative estimate of drug-likeness (QED) is 0.896. The molecule has 0 radical (unpaired) electrons. The summed E-state index contributed by atoms with van der Waals surface area (Å²) in [6.07, 6.45) is 0. The number of rotatable bonds is 4. The molecule has 0 saturated heterocycles. The molecule has 1 aliphatic heterocycles. The van der Waals surface area contributed by atoms with Gasteiger partial charge in [-0.3, -0.25) is 14.5 Å². The van der Waals surface area contributed by atoms with Gasteiger partial charge in [0.2, 0.25) is 5.91 Å². The van der Waals surface area contributed by atoms with Gasteiger partial charge in [0, 0.05) is 23.4 Å². The second-order valence-electron chi connectivity index (χ2n) is 5.08. The predicted molar refractivity (Wildman–Crippen MR) is 74.4 cm³/mol. The van der Waals surface area contributed by atoms with Crippen LogP contribution >= 0.6 is 0 Å². The summed E-state index contributed by atoms with van der Waals surface area (Å²) in [5.74, 6) is 0.0786. The molecule has 4 nitrogen and oxygen atoms in total. The van der Waals surface area contributed by atoms with Crippen LogP contribution in [0.3, 0.4) is 0 Å². The molecule has 19 heavy (non-hydrogen) atoms. The van der Waals surface area contributed by atoms with Crippen molar-refractivity contribution in [1.82, 2.24) is 10.2 Å². The Kier molecular flexibility index (Phi) is 3.69. The number of nitrogens with one attached hydrogen (secondary N) is 1. The fourth-order valence-electron chi connectivity index (χ4n) is 2.02. The van der Waals surface area contributed by atoms with Crippen molar-refractivity contribution in [2.24, 2.45) is 5.92 Å². The van der Waals surface area contributed by atoms with Gasteiger partial charge in [-0.1, -0.05) is 38.6 Å². The summed E-state index contributed by atoms with van der Waals surface area (Å²) in [4.78, 5) is 25.4. The van der Waals surface area contributed by atoms with Gasteiger partial charge in [0.25, 0.3) is 5.91 Å². The van der Waals surface area contributed by atoms with Crippen LogP contribution < -0.4 is 5.32 Å². The van der Waals surface area contributed by atoms with Crippen LogP contribution in [-0.4, -0.2) is 29.8 Å². The first kappa shape index (κ1) is 13.3. The van der Waals surface area contributed by atoms with Gasteiger partial charge >= 0.3 is 0 Å². The van der Waals surface area contributed by atoms with E-state index < -0.39 is 0 Å². The van der Waals surface area contributed by atoms with Crippen LogP contribution in [0.1, 0.15) is 29.8 Å². The zero-order chi connectivity index (χ0) is 14.0. The minimum absolute atomic E-state index is 0.0269. The summed E-state index contributed by atoms with van der Waals surface area (Å²) in [5, 5.41) is 2.80. The smallest absolute Gasteiger partial charge is 0.259 e. The molecule has 0 atom stereocenters. The molecule has 0 aromatic heterocycles. The third-order valence-electron chi connectivity index (χ3n) is 3.05. The molecule has 0 aliphatic carbocycles. The van der Waals surface area contributed by atoms with Crippen LogP contribution in [0.2, 0.25) is 0 Å². The average molecular weight is 258 g/mol. The third kappa shape index (κ3) is 2.67. The molecule has 0 bridgehead atoms. The number of fused-ring (bicyclic) bond motifs is 1. The van der Waals surface area contributed by atoms with E-state index in [1.54, 1.807) is 6.07 Å². The standard InChI is InChI=1S/C15H18N2O2/c1-10(2)8-16-14(18)9-17-11(3)12-6-4-5-7-13(12)15(17)19/h4-7,10H,3,8-9H2,1-2H3,(H,16,18). The highest BCUT2D eigenvalue weighted by Gasteiger charge is 2.31. The fourth-order valence-corrected chi connectivity index (χ4v) is 2.02. The van der Waals surface area contributed by atoms with Crippen molar-refractivity contribution in [3.63, 3.8) is 0 Å². The zero-order valence-electron chi connectivity index (χ0n) is 11.3. The van der Waals surface area contributed by atoms with E-state index in [2.05, 4.69) is 11.9 Å². The largest absolute Gasteiger partial charge is 0.354 e. The SMILES string of the molecule is C=C1c2ccccc2C(=O)N1CC(=O)NCC(C)C. The van der Waals surface area contributed by atoms with Gasteiger partial charge in [-0.15, -0.1) is 0 Å². The summed E-state index contributed by atoms with van der Waals surface area (Å²) >= 11 is 0. The summed E-state index contributed by atoms with van der Waals surface area (Å²) in [7, 11) is 0. The predicted octanol–water partition coefficient (Wildman–Crippen LogP) is 1.89. The van der Waals surface area contributed by atoms with Crippen LogP contribution in [-0.2, 0) is 4.79 Å². The normalized spacial score (nSPS) is 13.9. The Morgan fingerprint density at radius 3 is 2.53 bits per heavy atom. The number of benzene rings is 1. The summed E-state index contributed by atoms with van der Waals surface area (Å²) in [5.41, 5.74) is 2.02. The molecule has 0 saturated carbocycles. The first-order chi connectivity index (χ1) is 9.00. The highest BCUT2D eigenvalue weighted by atomic mass is 16.2. The minimum atomic E-state index is -0.156. The second-order valence-corrected chi connectivity index (χ2v) is 5.08. The molecule has 0 spiro atoms. The molecular formula is C15H18N2O2. The van der Waals surface area contributed by atoms with Crippen molar-refractivity contribution in [3.8, 4) is 0 Å². The van der Waals surface area contributed by atoms with E-state index in [0.717, 1.165) is 5.56 Å². The molecule has 0 unspecified atom stereocenters. The van der Waals surface area contributed by atoms with Crippen LogP contribution in [0.15, 0.2) is 30.8 Å². The van der Waals surface area contributed by atoms with E-state index in [1.807, 2.05) is 32.0 Å². The van der Waals surface area contributed by atoms with Crippen LogP contribution in [0, 0.1) is 5.92 Å². The van der Waals surface area contributed by atoms with Crippen LogP contribution in [0.25, 0.3) is 5.70 Å². The van der Waals surface area contributed by atoms with Gasteiger partial charge in [-0.05, 0) is 12.0 Å². The summed E-state index contributed by atoms with van der Waals surface area (Å²) < 4.78 is 0. The molecular weight excluding hydrogens is 240 g/mol. The molecule has 1 aliphatic rings. The zero-order valence-corrected chi connectivity index (χ0v) is 11.3. The summed E-state index contributed by atoms with van der Waals surface area (Å²) in [6.45, 7) is 8.59. The van der Waals surface area contributed by atoms with Gasteiger partial charge in [0.1, 0.15) is 6.54 Å². The van der Waals surface area contributed by atoms with E-state index in [4.69, 9.17) is 0 Å². The molecule has 2 rings (SSSR count). The molecule has 100 valence electrons. The Labute approximate surface area is 113 Å². The molecule has 4 heteroatoms. The molecule has 1 aromatic carbocycles. The Balaban J connectivity index is 2.06. The Bertz CT molecular complexity index is 500. The fraction of sp³-hybridized carbons (Fsp3) is 0.333. The van der Waals surface area contributed by atoms with E-state index in [-0.39, 0.29) is 18.4 Å². The number of hydrogen-bond donors (Lipinski definition) is 1. The van der Waals surface area contributed by atoms with E-state index >= 15 is 0 Å². The van der Waals surface area contributed by atoms with Crippen molar-refractivity contribution in [3.05, 3.63) is 42.0 Å². The average Bonchev–Trinajstić information content (AvgIpc) is 2.62. The van der Waals surface area contributed by atoms with Gasteiger partial charge < -0.3 is 5.32 Å². The van der Waals surface area contributed by atoms with Crippen molar-refractivity contribution >= 4 is 17.5 Å². The Hall–Kier alpha value is -2.10. The highest BCUT2D eigenvalue weighted by molar-refractivity contribution is 6.10. The lowest BCUT2D eigenvalue weighted by Gasteiger charge is -2.17. The van der Waals surface area contributed by atoms with Crippen molar-refractivity contribution < 1.29 is 9.59 Å². The maximum Gasteiger partial charge on any atom is 0.259 e. The van der Waals surface area contributed by atoms with Gasteiger partial charge in [-0.25, -0.2) is 0 Å². The van der Waals surface area contributed by atoms with Crippen LogP contribution in [0.4, 0.5) is 0 Å². The maximum atomic E-state index is 12.2. The first-order valence-electron chi connectivity index (χ1n) is 6.37. The molecule has 0 fully saturated rings. The second kappa shape index (κ2) is 5.26. The van der Waals surface area contributed by atoms with Crippen molar-refractivity contribution in [2.75, 3.05) is 13.1 Å². The number of carbonyl (C=O) groups excluding carboxylic acids is 2. The van der Waals surface area contributed by atoms with E-state index in [0.29, 0.717) is 23.7 Å². The first-order valence-corrected chi connectivity index (χ1v) is 6.37. The maximum absolute atomic E-state index is 12.2. The molecule has 1 N–H and O–H groups in total. The topological polar surface area (TPSA) is 49.4 Å². The monoisotopic (exact) mass is 258 g/mol. The lowest BCUT2D eigenvalue weighted by molar-refractivity contribution is -0.121. The number of nitrogens with zero attached hydrogens (tertiary/aromatic N) is 1. The molecule has 1 aromatic rings. The van der Waals surface area contributed by atoms with Crippen LogP contribution in [0.5, 0.6) is 0 Å². The van der Waals surface area contributed by atoms with Gasteiger partial charge in [0.05, 0.1) is 0 Å². The number of hydrogen-bond acceptors (Lipinski definition) is 2. The van der Waals surface area contributed by atoms with Gasteiger partial charge in [-0.2, -0.15) is 0 Å². The lowest BCUT2D eigenvalue weighted by atomic mass is 10.1. The van der Waals surface area contributed by atoms with Gasteiger partial charge in [0.15, 0.2) is 0 Å². The highest BCUT2D eigenvalue weighted by Crippen LogP contribution is 2.30.